The van der Waals surface area contributed by atoms with E-state index in [2.05, 4.69) is 15.5 Å². The Hall–Kier alpha value is -1.30. The number of halogens is 2. The van der Waals surface area contributed by atoms with Gasteiger partial charge in [0.05, 0.1) is 5.02 Å². The number of benzene rings is 1. The quantitative estimate of drug-likeness (QED) is 0.873. The van der Waals surface area contributed by atoms with Crippen LogP contribution in [-0.4, -0.2) is 17.2 Å². The summed E-state index contributed by atoms with van der Waals surface area (Å²) >= 11 is 12.2. The second kappa shape index (κ2) is 7.11. The Bertz CT molecular complexity index is 614. The number of aromatic nitrogens is 2. The molecule has 2 rings (SSSR count). The third-order valence-electron chi connectivity index (χ3n) is 2.79. The lowest BCUT2D eigenvalue weighted by Crippen LogP contribution is -2.08. The number of ether oxygens (including phenoxy) is 1. The normalized spacial score (nSPS) is 11.1. The molecule has 0 saturated heterocycles. The molecule has 1 N–H and O–H groups in total. The third kappa shape index (κ3) is 4.09. The zero-order valence-electron chi connectivity index (χ0n) is 12.1. The smallest absolute Gasteiger partial charge is 0.264 e. The summed E-state index contributed by atoms with van der Waals surface area (Å²) in [6.07, 6.45) is 0. The van der Waals surface area contributed by atoms with Gasteiger partial charge in [-0.1, -0.05) is 42.2 Å². The summed E-state index contributed by atoms with van der Waals surface area (Å²) in [5.74, 6) is 1.85. The Kier molecular flexibility index (Phi) is 5.45. The van der Waals surface area contributed by atoms with Crippen LogP contribution in [0.15, 0.2) is 16.7 Å². The molecule has 1 aromatic carbocycles. The predicted molar refractivity (Wildman–Crippen MR) is 81.9 cm³/mol. The molecule has 0 saturated carbocycles. The highest BCUT2D eigenvalue weighted by Crippen LogP contribution is 2.33. The molecular weight excluding hydrogens is 313 g/mol. The second-order valence-electron chi connectivity index (χ2n) is 4.90. The lowest BCUT2D eigenvalue weighted by atomic mass is 10.2. The average Bonchev–Trinajstić information content (AvgIpc) is 2.87. The van der Waals surface area contributed by atoms with Crippen LogP contribution in [0.3, 0.4) is 0 Å². The average molecular weight is 330 g/mol. The van der Waals surface area contributed by atoms with Crippen molar-refractivity contribution in [3.63, 3.8) is 0 Å². The van der Waals surface area contributed by atoms with Crippen LogP contribution >= 0.6 is 23.2 Å². The molecule has 0 amide bonds. The summed E-state index contributed by atoms with van der Waals surface area (Å²) in [6, 6.07) is 3.46. The first kappa shape index (κ1) is 16.1. The Labute approximate surface area is 133 Å². The summed E-state index contributed by atoms with van der Waals surface area (Å²) in [5.41, 5.74) is 0.874. The van der Waals surface area contributed by atoms with Gasteiger partial charge in [0.25, 0.3) is 5.89 Å². The Morgan fingerprint density at radius 3 is 2.71 bits per heavy atom. The number of nitrogens with zero attached hydrogens (tertiary/aromatic N) is 2. The molecule has 0 fully saturated rings. The summed E-state index contributed by atoms with van der Waals surface area (Å²) in [4.78, 5) is 4.26. The van der Waals surface area contributed by atoms with Crippen LogP contribution in [0.5, 0.6) is 5.75 Å². The van der Waals surface area contributed by atoms with Gasteiger partial charge in [-0.25, -0.2) is 0 Å². The first-order valence-electron chi connectivity index (χ1n) is 6.59. The molecule has 0 radical (unpaired) electrons. The van der Waals surface area contributed by atoms with Crippen molar-refractivity contribution < 1.29 is 9.26 Å². The van der Waals surface area contributed by atoms with Crippen LogP contribution < -0.4 is 10.1 Å². The molecule has 1 heterocycles. The molecular formula is C14H17Cl2N3O2. The lowest BCUT2D eigenvalue weighted by molar-refractivity contribution is 0.240. The van der Waals surface area contributed by atoms with E-state index >= 15 is 0 Å². The van der Waals surface area contributed by atoms with Crippen molar-refractivity contribution in [2.45, 2.75) is 32.9 Å². The molecule has 5 nitrogen and oxygen atoms in total. The maximum atomic E-state index is 6.19. The first-order valence-corrected chi connectivity index (χ1v) is 7.34. The van der Waals surface area contributed by atoms with Crippen molar-refractivity contribution in [3.05, 3.63) is 39.5 Å². The number of hydrogen-bond acceptors (Lipinski definition) is 5. The van der Waals surface area contributed by atoms with Crippen molar-refractivity contribution in [3.8, 4) is 5.75 Å². The van der Waals surface area contributed by atoms with Gasteiger partial charge in [-0.3, -0.25) is 0 Å². The van der Waals surface area contributed by atoms with Gasteiger partial charge in [0.15, 0.2) is 12.4 Å². The fraction of sp³-hybridized carbons (Fsp3) is 0.429. The number of hydrogen-bond donors (Lipinski definition) is 1. The van der Waals surface area contributed by atoms with Gasteiger partial charge in [0.1, 0.15) is 5.75 Å². The summed E-state index contributed by atoms with van der Waals surface area (Å²) in [7, 11) is 1.84. The van der Waals surface area contributed by atoms with Gasteiger partial charge in [0, 0.05) is 23.0 Å². The summed E-state index contributed by atoms with van der Waals surface area (Å²) in [6.45, 7) is 4.75. The van der Waals surface area contributed by atoms with Crippen molar-refractivity contribution in [1.82, 2.24) is 15.5 Å². The highest BCUT2D eigenvalue weighted by atomic mass is 35.5. The predicted octanol–water partition coefficient (Wildman–Crippen LogP) is 3.80. The molecule has 21 heavy (non-hydrogen) atoms. The molecule has 0 aliphatic rings. The standard InChI is InChI=1S/C14H17Cl2N3O2/c1-8(2)14-18-12(21-19-14)7-20-13-9(6-17-3)4-10(15)5-11(13)16/h4-5,8,17H,6-7H2,1-3H3. The molecule has 114 valence electrons. The second-order valence-corrected chi connectivity index (χ2v) is 5.74. The molecule has 0 bridgehead atoms. The Balaban J connectivity index is 2.14. The van der Waals surface area contributed by atoms with Crippen LogP contribution in [0.4, 0.5) is 0 Å². The highest BCUT2D eigenvalue weighted by Gasteiger charge is 2.14. The van der Waals surface area contributed by atoms with Crippen LogP contribution in [0, 0.1) is 0 Å². The van der Waals surface area contributed by atoms with Crippen LogP contribution in [-0.2, 0) is 13.2 Å². The molecule has 0 atom stereocenters. The molecule has 0 spiro atoms. The van der Waals surface area contributed by atoms with Crippen molar-refractivity contribution in [2.24, 2.45) is 0 Å². The maximum Gasteiger partial charge on any atom is 0.264 e. The fourth-order valence-electron chi connectivity index (χ4n) is 1.79. The molecule has 0 aliphatic carbocycles. The molecule has 0 aliphatic heterocycles. The van der Waals surface area contributed by atoms with Gasteiger partial charge in [-0.2, -0.15) is 4.98 Å². The minimum Gasteiger partial charge on any atom is -0.482 e. The zero-order valence-corrected chi connectivity index (χ0v) is 13.6. The fourth-order valence-corrected chi connectivity index (χ4v) is 2.38. The van der Waals surface area contributed by atoms with E-state index in [1.807, 2.05) is 27.0 Å². The van der Waals surface area contributed by atoms with Crippen LogP contribution in [0.25, 0.3) is 0 Å². The van der Waals surface area contributed by atoms with E-state index in [1.54, 1.807) is 6.07 Å². The lowest BCUT2D eigenvalue weighted by Gasteiger charge is -2.12. The monoisotopic (exact) mass is 329 g/mol. The van der Waals surface area contributed by atoms with Gasteiger partial charge in [-0.05, 0) is 19.2 Å². The number of nitrogens with one attached hydrogen (secondary N) is 1. The van der Waals surface area contributed by atoms with Gasteiger partial charge in [0.2, 0.25) is 0 Å². The van der Waals surface area contributed by atoms with Gasteiger partial charge >= 0.3 is 0 Å². The van der Waals surface area contributed by atoms with Crippen LogP contribution in [0.2, 0.25) is 10.0 Å². The Morgan fingerprint density at radius 2 is 2.10 bits per heavy atom. The van der Waals surface area contributed by atoms with E-state index in [1.165, 1.54) is 0 Å². The van der Waals surface area contributed by atoms with Gasteiger partial charge < -0.3 is 14.6 Å². The van der Waals surface area contributed by atoms with Crippen molar-refractivity contribution >= 4 is 23.2 Å². The zero-order chi connectivity index (χ0) is 15.4. The minimum absolute atomic E-state index is 0.164. The van der Waals surface area contributed by atoms with E-state index in [4.69, 9.17) is 32.5 Å². The highest BCUT2D eigenvalue weighted by molar-refractivity contribution is 6.35. The summed E-state index contributed by atoms with van der Waals surface area (Å²) < 4.78 is 10.9. The number of rotatable bonds is 6. The molecule has 2 aromatic rings. The van der Waals surface area contributed by atoms with Gasteiger partial charge in [-0.15, -0.1) is 0 Å². The largest absolute Gasteiger partial charge is 0.482 e. The van der Waals surface area contributed by atoms with E-state index < -0.39 is 0 Å². The maximum absolute atomic E-state index is 6.19. The SMILES string of the molecule is CNCc1cc(Cl)cc(Cl)c1OCc1nc(C(C)C)no1. The first-order chi connectivity index (χ1) is 10.0. The summed E-state index contributed by atoms with van der Waals surface area (Å²) in [5, 5.41) is 7.96. The van der Waals surface area contributed by atoms with E-state index in [-0.39, 0.29) is 12.5 Å². The van der Waals surface area contributed by atoms with Crippen molar-refractivity contribution in [1.29, 1.82) is 0 Å². The van der Waals surface area contributed by atoms with E-state index in [0.29, 0.717) is 34.1 Å². The molecule has 7 heteroatoms. The molecule has 1 aromatic heterocycles. The third-order valence-corrected chi connectivity index (χ3v) is 3.29. The minimum atomic E-state index is 0.164. The van der Waals surface area contributed by atoms with Crippen LogP contribution in [0.1, 0.15) is 37.0 Å². The van der Waals surface area contributed by atoms with E-state index in [0.717, 1.165) is 5.56 Å². The van der Waals surface area contributed by atoms with E-state index in [9.17, 15) is 0 Å². The molecule has 0 unspecified atom stereocenters. The Morgan fingerprint density at radius 1 is 1.33 bits per heavy atom. The topological polar surface area (TPSA) is 60.2 Å². The van der Waals surface area contributed by atoms with Crippen molar-refractivity contribution in [2.75, 3.05) is 7.05 Å².